The van der Waals surface area contributed by atoms with Crippen LogP contribution in [0.3, 0.4) is 0 Å². The molecule has 1 aliphatic rings. The molecule has 122 valence electrons. The maximum atomic E-state index is 12.4. The molecule has 0 saturated carbocycles. The molecule has 1 saturated heterocycles. The number of hydrogen-bond donors (Lipinski definition) is 1. The summed E-state index contributed by atoms with van der Waals surface area (Å²) in [4.78, 5) is 14.7. The predicted octanol–water partition coefficient (Wildman–Crippen LogP) is 2.19. The average Bonchev–Trinajstić information content (AvgIpc) is 2.54. The monoisotopic (exact) mass is 326 g/mol. The lowest BCUT2D eigenvalue weighted by molar-refractivity contribution is 0.0363. The minimum Gasteiger partial charge on any atom is -0.496 e. The second kappa shape index (κ2) is 8.36. The summed E-state index contributed by atoms with van der Waals surface area (Å²) in [6.07, 6.45) is 0.897. The number of rotatable bonds is 6. The van der Waals surface area contributed by atoms with Gasteiger partial charge in [-0.1, -0.05) is 11.6 Å². The van der Waals surface area contributed by atoms with Gasteiger partial charge in [0.05, 0.1) is 25.9 Å². The van der Waals surface area contributed by atoms with Gasteiger partial charge in [0.2, 0.25) is 0 Å². The lowest BCUT2D eigenvalue weighted by atomic mass is 10.1. The number of morpholine rings is 1. The van der Waals surface area contributed by atoms with Crippen LogP contribution in [0.2, 0.25) is 5.02 Å². The van der Waals surface area contributed by atoms with Gasteiger partial charge in [-0.15, -0.1) is 0 Å². The van der Waals surface area contributed by atoms with Crippen LogP contribution in [-0.2, 0) is 4.74 Å². The molecule has 0 bridgehead atoms. The molecule has 5 nitrogen and oxygen atoms in total. The highest BCUT2D eigenvalue weighted by Crippen LogP contribution is 2.22. The lowest BCUT2D eigenvalue weighted by Gasteiger charge is -2.27. The standard InChI is InChI=1S/C16H23ClN2O3/c1-12(5-6-19-7-9-22-10-8-19)18-16(20)14-11-13(17)3-4-15(14)21-2/h3-4,11-12H,5-10H2,1-2H3,(H,18,20)/t12-/m1/s1. The van der Waals surface area contributed by atoms with E-state index in [1.165, 1.54) is 0 Å². The fraction of sp³-hybridized carbons (Fsp3) is 0.562. The average molecular weight is 327 g/mol. The van der Waals surface area contributed by atoms with Crippen molar-refractivity contribution in [2.45, 2.75) is 19.4 Å². The second-order valence-corrected chi connectivity index (χ2v) is 5.90. The molecule has 1 heterocycles. The fourth-order valence-corrected chi connectivity index (χ4v) is 2.60. The molecule has 0 aromatic heterocycles. The Labute approximate surface area is 136 Å². The van der Waals surface area contributed by atoms with E-state index in [0.717, 1.165) is 39.3 Å². The molecular formula is C16H23ClN2O3. The Bertz CT molecular complexity index is 504. The number of nitrogens with zero attached hydrogens (tertiary/aromatic N) is 1. The van der Waals surface area contributed by atoms with E-state index >= 15 is 0 Å². The normalized spacial score (nSPS) is 17.0. The fourth-order valence-electron chi connectivity index (χ4n) is 2.43. The maximum absolute atomic E-state index is 12.4. The molecule has 2 rings (SSSR count). The number of methoxy groups -OCH3 is 1. The summed E-state index contributed by atoms with van der Waals surface area (Å²) in [6.45, 7) is 6.47. The van der Waals surface area contributed by atoms with Gasteiger partial charge < -0.3 is 14.8 Å². The van der Waals surface area contributed by atoms with E-state index in [1.54, 1.807) is 25.3 Å². The number of carbonyl (C=O) groups is 1. The third-order valence-corrected chi connectivity index (χ3v) is 4.00. The van der Waals surface area contributed by atoms with Crippen molar-refractivity contribution in [3.05, 3.63) is 28.8 Å². The molecule has 0 aliphatic carbocycles. The molecule has 1 aromatic carbocycles. The van der Waals surface area contributed by atoms with E-state index in [4.69, 9.17) is 21.1 Å². The van der Waals surface area contributed by atoms with E-state index < -0.39 is 0 Å². The maximum Gasteiger partial charge on any atom is 0.255 e. The Hall–Kier alpha value is -1.30. The van der Waals surface area contributed by atoms with Gasteiger partial charge in [0.1, 0.15) is 5.75 Å². The number of ether oxygens (including phenoxy) is 2. The third kappa shape index (κ3) is 4.87. The molecule has 1 fully saturated rings. The zero-order valence-electron chi connectivity index (χ0n) is 13.1. The van der Waals surface area contributed by atoms with Crippen LogP contribution in [0.25, 0.3) is 0 Å². The third-order valence-electron chi connectivity index (χ3n) is 3.77. The molecule has 1 aliphatic heterocycles. The molecule has 1 aromatic rings. The van der Waals surface area contributed by atoms with Crippen molar-refractivity contribution in [2.75, 3.05) is 40.0 Å². The lowest BCUT2D eigenvalue weighted by Crippen LogP contribution is -2.40. The molecular weight excluding hydrogens is 304 g/mol. The molecule has 1 N–H and O–H groups in total. The first-order valence-electron chi connectivity index (χ1n) is 7.54. The Balaban J connectivity index is 1.86. The van der Waals surface area contributed by atoms with Gasteiger partial charge in [-0.05, 0) is 31.5 Å². The smallest absolute Gasteiger partial charge is 0.255 e. The summed E-state index contributed by atoms with van der Waals surface area (Å²) in [5.74, 6) is 0.371. The van der Waals surface area contributed by atoms with E-state index in [-0.39, 0.29) is 11.9 Å². The molecule has 22 heavy (non-hydrogen) atoms. The zero-order chi connectivity index (χ0) is 15.9. The Kier molecular flexibility index (Phi) is 6.49. The van der Waals surface area contributed by atoms with Crippen molar-refractivity contribution < 1.29 is 14.3 Å². The van der Waals surface area contributed by atoms with E-state index in [1.807, 2.05) is 6.92 Å². The first-order valence-corrected chi connectivity index (χ1v) is 7.92. The van der Waals surface area contributed by atoms with E-state index in [0.29, 0.717) is 16.3 Å². The van der Waals surface area contributed by atoms with Gasteiger partial charge in [-0.2, -0.15) is 0 Å². The number of nitrogens with one attached hydrogen (secondary N) is 1. The molecule has 6 heteroatoms. The van der Waals surface area contributed by atoms with Crippen LogP contribution in [0.5, 0.6) is 5.75 Å². The SMILES string of the molecule is COc1ccc(Cl)cc1C(=O)N[C@H](C)CCN1CCOCC1. The minimum atomic E-state index is -0.158. The van der Waals surface area contributed by atoms with Gasteiger partial charge in [0.15, 0.2) is 0 Å². The zero-order valence-corrected chi connectivity index (χ0v) is 13.9. The highest BCUT2D eigenvalue weighted by Gasteiger charge is 2.16. The van der Waals surface area contributed by atoms with Crippen LogP contribution in [0.1, 0.15) is 23.7 Å². The minimum absolute atomic E-state index is 0.0824. The topological polar surface area (TPSA) is 50.8 Å². The molecule has 0 radical (unpaired) electrons. The number of amides is 1. The first-order chi connectivity index (χ1) is 10.6. The number of carbonyl (C=O) groups excluding carboxylic acids is 1. The molecule has 1 amide bonds. The quantitative estimate of drug-likeness (QED) is 0.870. The van der Waals surface area contributed by atoms with Gasteiger partial charge in [0.25, 0.3) is 5.91 Å². The Morgan fingerprint density at radius 1 is 1.45 bits per heavy atom. The van der Waals surface area contributed by atoms with Crippen molar-refractivity contribution in [1.82, 2.24) is 10.2 Å². The summed E-state index contributed by atoms with van der Waals surface area (Å²) in [7, 11) is 1.54. The van der Waals surface area contributed by atoms with Crippen molar-refractivity contribution in [3.63, 3.8) is 0 Å². The van der Waals surface area contributed by atoms with E-state index in [9.17, 15) is 4.79 Å². The van der Waals surface area contributed by atoms with Gasteiger partial charge in [0, 0.05) is 30.7 Å². The van der Waals surface area contributed by atoms with Crippen LogP contribution in [-0.4, -0.2) is 56.8 Å². The number of hydrogen-bond acceptors (Lipinski definition) is 4. The van der Waals surface area contributed by atoms with Gasteiger partial charge >= 0.3 is 0 Å². The van der Waals surface area contributed by atoms with Crippen LogP contribution in [0.4, 0.5) is 0 Å². The van der Waals surface area contributed by atoms with Crippen LogP contribution in [0, 0.1) is 0 Å². The van der Waals surface area contributed by atoms with Crippen molar-refractivity contribution >= 4 is 17.5 Å². The summed E-state index contributed by atoms with van der Waals surface area (Å²) >= 11 is 5.96. The van der Waals surface area contributed by atoms with Crippen LogP contribution in [0.15, 0.2) is 18.2 Å². The number of benzene rings is 1. The van der Waals surface area contributed by atoms with Crippen molar-refractivity contribution in [2.24, 2.45) is 0 Å². The molecule has 0 unspecified atom stereocenters. The highest BCUT2D eigenvalue weighted by atomic mass is 35.5. The largest absolute Gasteiger partial charge is 0.496 e. The van der Waals surface area contributed by atoms with Crippen LogP contribution >= 0.6 is 11.6 Å². The predicted molar refractivity (Wildman–Crippen MR) is 86.8 cm³/mol. The second-order valence-electron chi connectivity index (χ2n) is 5.46. The molecule has 1 atom stereocenters. The van der Waals surface area contributed by atoms with E-state index in [2.05, 4.69) is 10.2 Å². The summed E-state index contributed by atoms with van der Waals surface area (Å²) in [5, 5.41) is 3.52. The van der Waals surface area contributed by atoms with Gasteiger partial charge in [-0.3, -0.25) is 9.69 Å². The van der Waals surface area contributed by atoms with Crippen molar-refractivity contribution in [1.29, 1.82) is 0 Å². The summed E-state index contributed by atoms with van der Waals surface area (Å²) in [6, 6.07) is 5.12. The van der Waals surface area contributed by atoms with Gasteiger partial charge in [-0.25, -0.2) is 0 Å². The summed E-state index contributed by atoms with van der Waals surface area (Å²) < 4.78 is 10.5. The Morgan fingerprint density at radius 2 is 2.18 bits per heavy atom. The number of halogens is 1. The Morgan fingerprint density at radius 3 is 2.86 bits per heavy atom. The highest BCUT2D eigenvalue weighted by molar-refractivity contribution is 6.31. The first kappa shape index (κ1) is 17.1. The van der Waals surface area contributed by atoms with Crippen molar-refractivity contribution in [3.8, 4) is 5.75 Å². The van der Waals surface area contributed by atoms with Crippen LogP contribution < -0.4 is 10.1 Å². The summed E-state index contributed by atoms with van der Waals surface area (Å²) in [5.41, 5.74) is 0.466. The molecule has 0 spiro atoms.